The highest BCUT2D eigenvalue weighted by atomic mass is 15.3. The summed E-state index contributed by atoms with van der Waals surface area (Å²) in [6.07, 6.45) is 12.5. The number of rotatable bonds is 7. The smallest absolute Gasteiger partial charge is 0.0999 e. The summed E-state index contributed by atoms with van der Waals surface area (Å²) in [6, 6.07) is 1.94. The maximum Gasteiger partial charge on any atom is 0.0999 e. The maximum atomic E-state index is 7.66. The zero-order chi connectivity index (χ0) is 18.7. The van der Waals surface area contributed by atoms with Crippen LogP contribution in [0.2, 0.25) is 0 Å². The molecule has 26 heavy (non-hydrogen) atoms. The monoisotopic (exact) mass is 351 g/mol. The number of nitrogens with zero attached hydrogens (tertiary/aromatic N) is 5. The van der Waals surface area contributed by atoms with Crippen molar-refractivity contribution in [1.82, 2.24) is 29.7 Å². The van der Waals surface area contributed by atoms with E-state index in [0.717, 1.165) is 29.6 Å². The molecular formula is C19H25N7. The third kappa shape index (κ3) is 3.00. The van der Waals surface area contributed by atoms with E-state index in [2.05, 4.69) is 42.5 Å². The van der Waals surface area contributed by atoms with Crippen LogP contribution < -0.4 is 5.32 Å². The Balaban J connectivity index is 2.16. The summed E-state index contributed by atoms with van der Waals surface area (Å²) in [5, 5.41) is 19.6. The van der Waals surface area contributed by atoms with Crippen LogP contribution in [-0.4, -0.2) is 37.6 Å². The molecule has 0 amide bonds. The number of allylic oxidation sites excluding steroid dienone is 1. The summed E-state index contributed by atoms with van der Waals surface area (Å²) in [6.45, 7) is 6.57. The highest BCUT2D eigenvalue weighted by Crippen LogP contribution is 2.29. The van der Waals surface area contributed by atoms with Gasteiger partial charge in [0, 0.05) is 36.8 Å². The Kier molecular flexibility index (Phi) is 4.88. The quantitative estimate of drug-likeness (QED) is 0.640. The van der Waals surface area contributed by atoms with Gasteiger partial charge in [-0.05, 0) is 25.8 Å². The first-order chi connectivity index (χ1) is 12.6. The van der Waals surface area contributed by atoms with Crippen molar-refractivity contribution in [3.05, 3.63) is 42.7 Å². The van der Waals surface area contributed by atoms with E-state index in [0.29, 0.717) is 11.3 Å². The van der Waals surface area contributed by atoms with E-state index >= 15 is 0 Å². The standard InChI is InChI=1S/C19H25N7/c1-5-19(3,6-2)26-12-15(11-23-26)18-17-7-8-22-25(17)13-16(24-18)14(9-20)10-21-4/h7-13,20-21H,5-6H2,1-4H3/b14-10+,20-9?. The van der Waals surface area contributed by atoms with E-state index in [-0.39, 0.29) is 5.54 Å². The third-order valence-electron chi connectivity index (χ3n) is 5.07. The lowest BCUT2D eigenvalue weighted by atomic mass is 9.96. The second-order valence-corrected chi connectivity index (χ2v) is 6.55. The predicted octanol–water partition coefficient (Wildman–Crippen LogP) is 3.34. The lowest BCUT2D eigenvalue weighted by Gasteiger charge is -2.27. The largest absolute Gasteiger partial charge is 0.393 e. The summed E-state index contributed by atoms with van der Waals surface area (Å²) in [7, 11) is 1.80. The minimum Gasteiger partial charge on any atom is -0.393 e. The van der Waals surface area contributed by atoms with Gasteiger partial charge in [-0.25, -0.2) is 9.50 Å². The van der Waals surface area contributed by atoms with Gasteiger partial charge in [0.2, 0.25) is 0 Å². The molecule has 0 fully saturated rings. The van der Waals surface area contributed by atoms with Crippen LogP contribution in [0.3, 0.4) is 0 Å². The van der Waals surface area contributed by atoms with Crippen molar-refractivity contribution in [3.8, 4) is 11.3 Å². The molecule has 0 atom stereocenters. The third-order valence-corrected chi connectivity index (χ3v) is 5.07. The normalized spacial score (nSPS) is 12.5. The summed E-state index contributed by atoms with van der Waals surface area (Å²) in [5.74, 6) is 0. The zero-order valence-corrected chi connectivity index (χ0v) is 15.7. The Hall–Kier alpha value is -2.96. The molecule has 0 spiro atoms. The molecule has 0 aromatic carbocycles. The zero-order valence-electron chi connectivity index (χ0n) is 15.7. The van der Waals surface area contributed by atoms with Crippen LogP contribution in [0.4, 0.5) is 0 Å². The Bertz CT molecular complexity index is 944. The fraction of sp³-hybridized carbons (Fsp3) is 0.368. The average molecular weight is 351 g/mol. The molecular weight excluding hydrogens is 326 g/mol. The first kappa shape index (κ1) is 17.8. The van der Waals surface area contributed by atoms with Crippen LogP contribution in [-0.2, 0) is 5.54 Å². The van der Waals surface area contributed by atoms with Crippen LogP contribution >= 0.6 is 0 Å². The molecule has 0 radical (unpaired) electrons. The van der Waals surface area contributed by atoms with E-state index in [1.807, 2.05) is 23.1 Å². The number of hydrogen-bond acceptors (Lipinski definition) is 5. The van der Waals surface area contributed by atoms with Crippen LogP contribution in [0.1, 0.15) is 39.3 Å². The van der Waals surface area contributed by atoms with Gasteiger partial charge >= 0.3 is 0 Å². The Morgan fingerprint density at radius 3 is 2.69 bits per heavy atom. The first-order valence-corrected chi connectivity index (χ1v) is 8.84. The molecule has 0 aliphatic rings. The molecule has 0 aliphatic heterocycles. The molecule has 7 heteroatoms. The van der Waals surface area contributed by atoms with Gasteiger partial charge in [-0.1, -0.05) is 13.8 Å². The van der Waals surface area contributed by atoms with Gasteiger partial charge in [0.15, 0.2) is 0 Å². The lowest BCUT2D eigenvalue weighted by molar-refractivity contribution is 0.265. The summed E-state index contributed by atoms with van der Waals surface area (Å²) in [5.41, 5.74) is 4.02. The minimum absolute atomic E-state index is 0.0153. The number of nitrogens with one attached hydrogen (secondary N) is 2. The van der Waals surface area contributed by atoms with E-state index in [1.165, 1.54) is 6.21 Å². The van der Waals surface area contributed by atoms with Crippen molar-refractivity contribution in [3.63, 3.8) is 0 Å². The Labute approximate surface area is 153 Å². The molecule has 3 rings (SSSR count). The summed E-state index contributed by atoms with van der Waals surface area (Å²) in [4.78, 5) is 4.81. The molecule has 7 nitrogen and oxygen atoms in total. The van der Waals surface area contributed by atoms with Crippen LogP contribution in [0, 0.1) is 5.41 Å². The SMILES string of the molecule is CCC(C)(CC)n1cc(-c2nc(/C(C=N)=C/NC)cn3nccc23)cn1. The molecule has 2 N–H and O–H groups in total. The molecule has 0 unspecified atom stereocenters. The molecule has 3 heterocycles. The highest BCUT2D eigenvalue weighted by molar-refractivity contribution is 6.07. The van der Waals surface area contributed by atoms with Gasteiger partial charge in [0.05, 0.1) is 41.0 Å². The van der Waals surface area contributed by atoms with Gasteiger partial charge in [0.1, 0.15) is 0 Å². The van der Waals surface area contributed by atoms with Crippen LogP contribution in [0.25, 0.3) is 22.3 Å². The first-order valence-electron chi connectivity index (χ1n) is 8.84. The van der Waals surface area contributed by atoms with Crippen molar-refractivity contribution in [2.45, 2.75) is 39.2 Å². The molecule has 0 aliphatic carbocycles. The fourth-order valence-corrected chi connectivity index (χ4v) is 2.94. The fourth-order valence-electron chi connectivity index (χ4n) is 2.94. The summed E-state index contributed by atoms with van der Waals surface area (Å²) >= 11 is 0. The predicted molar refractivity (Wildman–Crippen MR) is 104 cm³/mol. The molecule has 0 saturated carbocycles. The van der Waals surface area contributed by atoms with E-state index < -0.39 is 0 Å². The molecule has 136 valence electrons. The van der Waals surface area contributed by atoms with Gasteiger partial charge < -0.3 is 10.7 Å². The molecule has 0 bridgehead atoms. The van der Waals surface area contributed by atoms with Crippen molar-refractivity contribution < 1.29 is 0 Å². The molecule has 3 aromatic heterocycles. The Morgan fingerprint density at radius 1 is 1.27 bits per heavy atom. The lowest BCUT2D eigenvalue weighted by Crippen LogP contribution is -2.28. The summed E-state index contributed by atoms with van der Waals surface area (Å²) < 4.78 is 3.82. The van der Waals surface area contributed by atoms with E-state index in [4.69, 9.17) is 10.4 Å². The van der Waals surface area contributed by atoms with Crippen molar-refractivity contribution in [2.24, 2.45) is 0 Å². The van der Waals surface area contributed by atoms with Gasteiger partial charge in [-0.3, -0.25) is 4.68 Å². The van der Waals surface area contributed by atoms with Gasteiger partial charge in [0.25, 0.3) is 0 Å². The van der Waals surface area contributed by atoms with E-state index in [1.54, 1.807) is 24.0 Å². The van der Waals surface area contributed by atoms with Crippen molar-refractivity contribution in [1.29, 1.82) is 5.41 Å². The maximum absolute atomic E-state index is 7.66. The second-order valence-electron chi connectivity index (χ2n) is 6.55. The number of fused-ring (bicyclic) bond motifs is 1. The number of hydrogen-bond donors (Lipinski definition) is 2. The second kappa shape index (κ2) is 7.11. The number of aromatic nitrogens is 5. The molecule has 3 aromatic rings. The van der Waals surface area contributed by atoms with Crippen molar-refractivity contribution in [2.75, 3.05) is 7.05 Å². The molecule has 0 saturated heterocycles. The minimum atomic E-state index is -0.0153. The van der Waals surface area contributed by atoms with E-state index in [9.17, 15) is 0 Å². The van der Waals surface area contributed by atoms with Gasteiger partial charge in [-0.2, -0.15) is 10.2 Å². The Morgan fingerprint density at radius 2 is 2.04 bits per heavy atom. The highest BCUT2D eigenvalue weighted by Gasteiger charge is 2.24. The van der Waals surface area contributed by atoms with Crippen LogP contribution in [0.15, 0.2) is 37.1 Å². The van der Waals surface area contributed by atoms with Crippen molar-refractivity contribution >= 4 is 17.3 Å². The topological polar surface area (TPSA) is 83.9 Å². The van der Waals surface area contributed by atoms with Crippen LogP contribution in [0.5, 0.6) is 0 Å². The average Bonchev–Trinajstić information content (AvgIpc) is 3.34. The van der Waals surface area contributed by atoms with Gasteiger partial charge in [-0.15, -0.1) is 0 Å².